The second-order valence-electron chi connectivity index (χ2n) is 6.24. The van der Waals surface area contributed by atoms with E-state index >= 15 is 0 Å². The molecule has 20 heavy (non-hydrogen) atoms. The molecule has 0 radical (unpaired) electrons. The highest BCUT2D eigenvalue weighted by Gasteiger charge is 2.30. The maximum absolute atomic E-state index is 11.6. The second kappa shape index (κ2) is 5.90. The fourth-order valence-electron chi connectivity index (χ4n) is 2.58. The normalized spacial score (nSPS) is 17.4. The van der Waals surface area contributed by atoms with E-state index in [0.29, 0.717) is 10.3 Å². The van der Waals surface area contributed by atoms with Crippen molar-refractivity contribution < 1.29 is 9.53 Å². The number of aromatic nitrogens is 1. The first-order valence-corrected chi connectivity index (χ1v) is 8.02. The minimum Gasteiger partial charge on any atom is -0.465 e. The number of carbonyl (C=O) groups is 1. The van der Waals surface area contributed by atoms with Crippen LogP contribution in [0.3, 0.4) is 0 Å². The van der Waals surface area contributed by atoms with E-state index in [2.05, 4.69) is 30.7 Å². The molecule has 6 heteroatoms. The average molecular weight is 317 g/mol. The molecule has 1 aromatic rings. The van der Waals surface area contributed by atoms with Gasteiger partial charge in [0.25, 0.3) is 0 Å². The molecule has 0 aliphatic carbocycles. The van der Waals surface area contributed by atoms with Gasteiger partial charge in [-0.25, -0.2) is 9.78 Å². The van der Waals surface area contributed by atoms with Crippen LogP contribution in [0.4, 0.5) is 5.13 Å². The molecule has 112 valence electrons. The van der Waals surface area contributed by atoms with E-state index in [9.17, 15) is 4.79 Å². The standard InChI is InChI=1S/C14H21ClN2O2S/c1-14(2,3)9-5-7-17(8-6-9)13-16-11(15)10(20-13)12(18)19-4/h9H,5-8H2,1-4H3. The number of nitrogens with zero attached hydrogens (tertiary/aromatic N) is 2. The molecule has 0 bridgehead atoms. The van der Waals surface area contributed by atoms with Crippen LogP contribution in [0.5, 0.6) is 0 Å². The highest BCUT2D eigenvalue weighted by molar-refractivity contribution is 7.18. The molecule has 0 amide bonds. The molecule has 1 fully saturated rings. The third-order valence-electron chi connectivity index (χ3n) is 3.94. The van der Waals surface area contributed by atoms with E-state index in [0.717, 1.165) is 37.0 Å². The summed E-state index contributed by atoms with van der Waals surface area (Å²) in [7, 11) is 1.35. The van der Waals surface area contributed by atoms with Crippen molar-refractivity contribution in [1.82, 2.24) is 4.98 Å². The minimum atomic E-state index is -0.414. The van der Waals surface area contributed by atoms with Crippen molar-refractivity contribution in [2.24, 2.45) is 11.3 Å². The molecule has 0 N–H and O–H groups in total. The third kappa shape index (κ3) is 3.26. The summed E-state index contributed by atoms with van der Waals surface area (Å²) < 4.78 is 4.71. The summed E-state index contributed by atoms with van der Waals surface area (Å²) in [5.41, 5.74) is 0.351. The SMILES string of the molecule is COC(=O)c1sc(N2CCC(C(C)(C)C)CC2)nc1Cl. The van der Waals surface area contributed by atoms with Crippen LogP contribution in [-0.4, -0.2) is 31.2 Å². The number of anilines is 1. The Bertz CT molecular complexity index is 488. The van der Waals surface area contributed by atoms with E-state index in [-0.39, 0.29) is 5.15 Å². The lowest BCUT2D eigenvalue weighted by Gasteiger charge is -2.38. The van der Waals surface area contributed by atoms with Crippen LogP contribution in [0, 0.1) is 11.3 Å². The molecule has 1 aliphatic rings. The Labute approximate surface area is 129 Å². The molecule has 0 saturated carbocycles. The van der Waals surface area contributed by atoms with Crippen LogP contribution in [-0.2, 0) is 4.74 Å². The van der Waals surface area contributed by atoms with Crippen LogP contribution in [0.15, 0.2) is 0 Å². The van der Waals surface area contributed by atoms with Crippen molar-refractivity contribution in [1.29, 1.82) is 0 Å². The molecule has 0 spiro atoms. The Morgan fingerprint density at radius 1 is 1.40 bits per heavy atom. The summed E-state index contributed by atoms with van der Waals surface area (Å²) in [6.07, 6.45) is 2.29. The molecule has 4 nitrogen and oxygen atoms in total. The Morgan fingerprint density at radius 3 is 2.50 bits per heavy atom. The number of esters is 1. The molecule has 1 aromatic heterocycles. The number of hydrogen-bond acceptors (Lipinski definition) is 5. The molecule has 0 unspecified atom stereocenters. The number of thiazole rings is 1. The van der Waals surface area contributed by atoms with Crippen molar-refractivity contribution in [2.75, 3.05) is 25.1 Å². The van der Waals surface area contributed by atoms with Gasteiger partial charge in [-0.05, 0) is 24.2 Å². The van der Waals surface area contributed by atoms with Crippen molar-refractivity contribution in [3.63, 3.8) is 0 Å². The average Bonchev–Trinajstić information content (AvgIpc) is 2.79. The largest absolute Gasteiger partial charge is 0.465 e. The van der Waals surface area contributed by atoms with Gasteiger partial charge in [-0.2, -0.15) is 0 Å². The molecule has 1 saturated heterocycles. The van der Waals surface area contributed by atoms with Gasteiger partial charge >= 0.3 is 5.97 Å². The van der Waals surface area contributed by atoms with E-state index < -0.39 is 5.97 Å². The van der Waals surface area contributed by atoms with E-state index in [1.165, 1.54) is 18.4 Å². The maximum atomic E-state index is 11.6. The van der Waals surface area contributed by atoms with E-state index in [4.69, 9.17) is 16.3 Å². The Hall–Kier alpha value is -0.810. The number of ether oxygens (including phenoxy) is 1. The number of rotatable bonds is 2. The van der Waals surface area contributed by atoms with Gasteiger partial charge < -0.3 is 9.64 Å². The lowest BCUT2D eigenvalue weighted by atomic mass is 9.75. The van der Waals surface area contributed by atoms with Crippen molar-refractivity contribution in [2.45, 2.75) is 33.6 Å². The van der Waals surface area contributed by atoms with E-state index in [1.807, 2.05) is 0 Å². The van der Waals surface area contributed by atoms with Gasteiger partial charge in [0.2, 0.25) is 0 Å². The molecule has 2 heterocycles. The van der Waals surface area contributed by atoms with Crippen molar-refractivity contribution in [3.8, 4) is 0 Å². The first kappa shape index (κ1) is 15.6. The molecule has 2 rings (SSSR count). The monoisotopic (exact) mass is 316 g/mol. The van der Waals surface area contributed by atoms with Gasteiger partial charge in [0.15, 0.2) is 15.2 Å². The van der Waals surface area contributed by atoms with Gasteiger partial charge in [0.05, 0.1) is 7.11 Å². The summed E-state index contributed by atoms with van der Waals surface area (Å²) in [6.45, 7) is 8.81. The topological polar surface area (TPSA) is 42.4 Å². The van der Waals surface area contributed by atoms with Crippen molar-refractivity contribution in [3.05, 3.63) is 10.0 Å². The van der Waals surface area contributed by atoms with Crippen LogP contribution >= 0.6 is 22.9 Å². The lowest BCUT2D eigenvalue weighted by molar-refractivity contribution is 0.0606. The number of piperidine rings is 1. The van der Waals surface area contributed by atoms with Gasteiger partial charge in [-0.15, -0.1) is 0 Å². The smallest absolute Gasteiger partial charge is 0.351 e. The molecular formula is C14H21ClN2O2S. The van der Waals surface area contributed by atoms with Gasteiger partial charge in [0, 0.05) is 13.1 Å². The molecular weight excluding hydrogens is 296 g/mol. The van der Waals surface area contributed by atoms with Crippen LogP contribution < -0.4 is 4.90 Å². The zero-order valence-corrected chi connectivity index (χ0v) is 14.0. The fourth-order valence-corrected chi connectivity index (χ4v) is 3.83. The molecule has 0 atom stereocenters. The number of halogens is 1. The molecule has 1 aliphatic heterocycles. The minimum absolute atomic E-state index is 0.245. The Kier molecular flexibility index (Phi) is 4.59. The summed E-state index contributed by atoms with van der Waals surface area (Å²) in [5.74, 6) is 0.317. The van der Waals surface area contributed by atoms with E-state index in [1.54, 1.807) is 0 Å². The number of carbonyl (C=O) groups excluding carboxylic acids is 1. The van der Waals surface area contributed by atoms with Crippen molar-refractivity contribution >= 4 is 34.0 Å². The van der Waals surface area contributed by atoms with Gasteiger partial charge in [0.1, 0.15) is 0 Å². The molecule has 0 aromatic carbocycles. The predicted molar refractivity (Wildman–Crippen MR) is 82.9 cm³/mol. The Balaban J connectivity index is 2.06. The first-order valence-electron chi connectivity index (χ1n) is 6.82. The highest BCUT2D eigenvalue weighted by atomic mass is 35.5. The zero-order chi connectivity index (χ0) is 14.9. The zero-order valence-electron chi connectivity index (χ0n) is 12.4. The van der Waals surface area contributed by atoms with Crippen LogP contribution in [0.1, 0.15) is 43.3 Å². The maximum Gasteiger partial charge on any atom is 0.351 e. The summed E-state index contributed by atoms with van der Waals surface area (Å²) in [6, 6.07) is 0. The number of methoxy groups -OCH3 is 1. The quantitative estimate of drug-likeness (QED) is 0.777. The Morgan fingerprint density at radius 2 is 2.00 bits per heavy atom. The summed E-state index contributed by atoms with van der Waals surface area (Å²) >= 11 is 7.33. The van der Waals surface area contributed by atoms with Gasteiger partial charge in [-0.3, -0.25) is 0 Å². The van der Waals surface area contributed by atoms with Gasteiger partial charge in [-0.1, -0.05) is 43.7 Å². The van der Waals surface area contributed by atoms with Crippen LogP contribution in [0.2, 0.25) is 5.15 Å². The first-order chi connectivity index (χ1) is 9.32. The number of hydrogen-bond donors (Lipinski definition) is 0. The van der Waals surface area contributed by atoms with Crippen LogP contribution in [0.25, 0.3) is 0 Å². The lowest BCUT2D eigenvalue weighted by Crippen LogP contribution is -2.37. The highest BCUT2D eigenvalue weighted by Crippen LogP contribution is 2.37. The fraction of sp³-hybridized carbons (Fsp3) is 0.714. The predicted octanol–water partition coefficient (Wildman–Crippen LogP) is 3.85. The third-order valence-corrected chi connectivity index (χ3v) is 5.42. The second-order valence-corrected chi connectivity index (χ2v) is 7.57. The summed E-state index contributed by atoms with van der Waals surface area (Å²) in [4.78, 5) is 18.5. The summed E-state index contributed by atoms with van der Waals surface area (Å²) in [5, 5.41) is 1.07.